The van der Waals surface area contributed by atoms with E-state index < -0.39 is 6.04 Å². The number of esters is 1. The highest BCUT2D eigenvalue weighted by Gasteiger charge is 2.65. The molecule has 1 aliphatic heterocycles. The minimum absolute atomic E-state index is 0.0543. The predicted molar refractivity (Wildman–Crippen MR) is 165 cm³/mol. The summed E-state index contributed by atoms with van der Waals surface area (Å²) in [6.07, 6.45) is 15.9. The smallest absolute Gasteiger partial charge is 0.328 e. The normalized spacial score (nSPS) is 44.6. The number of nitrogens with one attached hydrogen (secondary N) is 1. The van der Waals surface area contributed by atoms with Gasteiger partial charge in [-0.15, -0.1) is 0 Å². The average molecular weight is 592 g/mol. The number of thioether (sulfide) groups is 1. The van der Waals surface area contributed by atoms with Crippen LogP contribution in [0.15, 0.2) is 0 Å². The lowest BCUT2D eigenvalue weighted by atomic mass is 9.44. The minimum atomic E-state index is -0.567. The average Bonchev–Trinajstić information content (AvgIpc) is 3.45. The summed E-state index contributed by atoms with van der Waals surface area (Å²) in [4.78, 5) is 25.2. The van der Waals surface area contributed by atoms with Crippen molar-refractivity contribution in [3.8, 4) is 0 Å². The highest BCUT2D eigenvalue weighted by molar-refractivity contribution is 7.98. The number of rotatable bonds is 10. The fourth-order valence-electron chi connectivity index (χ4n) is 10.9. The highest BCUT2D eigenvalue weighted by atomic mass is 32.2. The lowest BCUT2D eigenvalue weighted by molar-refractivity contribution is -0.145. The Morgan fingerprint density at radius 3 is 2.49 bits per heavy atom. The Bertz CT molecular complexity index is 946. The molecular formula is C34H57NO5S. The Morgan fingerprint density at radius 1 is 1.02 bits per heavy atom. The van der Waals surface area contributed by atoms with Crippen molar-refractivity contribution in [2.24, 2.45) is 52.3 Å². The quantitative estimate of drug-likeness (QED) is 0.292. The second-order valence-corrected chi connectivity index (χ2v) is 16.0. The van der Waals surface area contributed by atoms with Gasteiger partial charge in [-0.05, 0) is 129 Å². The van der Waals surface area contributed by atoms with E-state index in [-0.39, 0.29) is 23.9 Å². The monoisotopic (exact) mass is 591 g/mol. The molecule has 41 heavy (non-hydrogen) atoms. The molecule has 7 heteroatoms. The fraction of sp³-hybridized carbons (Fsp3) is 0.941. The van der Waals surface area contributed by atoms with Gasteiger partial charge >= 0.3 is 5.97 Å². The van der Waals surface area contributed by atoms with Gasteiger partial charge < -0.3 is 19.5 Å². The first-order valence-electron chi connectivity index (χ1n) is 16.6. The summed E-state index contributed by atoms with van der Waals surface area (Å²) < 4.78 is 17.6. The number of ether oxygens (including phenoxy) is 3. The summed E-state index contributed by atoms with van der Waals surface area (Å²) >= 11 is 1.67. The summed E-state index contributed by atoms with van der Waals surface area (Å²) in [5.74, 6) is 4.74. The van der Waals surface area contributed by atoms with Gasteiger partial charge in [-0.2, -0.15) is 11.8 Å². The van der Waals surface area contributed by atoms with Crippen LogP contribution in [0.5, 0.6) is 0 Å². The van der Waals surface area contributed by atoms with Crippen LogP contribution in [-0.4, -0.2) is 62.5 Å². The van der Waals surface area contributed by atoms with Crippen LogP contribution in [0.3, 0.4) is 0 Å². The van der Waals surface area contributed by atoms with E-state index in [1.165, 1.54) is 58.5 Å². The topological polar surface area (TPSA) is 73.9 Å². The number of methoxy groups -OCH3 is 2. The van der Waals surface area contributed by atoms with E-state index in [4.69, 9.17) is 14.2 Å². The number of carbonyl (C=O) groups excluding carboxylic acids is 2. The number of fused-ring (bicyclic) bond motifs is 7. The fourth-order valence-corrected chi connectivity index (χ4v) is 11.4. The van der Waals surface area contributed by atoms with Crippen LogP contribution in [0.2, 0.25) is 0 Å². The van der Waals surface area contributed by atoms with Gasteiger partial charge in [0.15, 0.2) is 0 Å². The van der Waals surface area contributed by atoms with Crippen LogP contribution in [0.4, 0.5) is 0 Å². The molecule has 1 amide bonds. The standard InChI is InChI=1S/C34H57NO5S/c1-20(31(36)35-27(14-17-41-7)32(37)39-6)8-11-28-21(2)30-29(40-28)19-26-24-10-9-22-18-23(38-5)12-15-33(22,3)25(24)13-16-34(26,30)4/h20-30H,8-19H2,1-7H3,(H,35,36)/t20-,21+,22+,23-,24+,25-,26-,27?,28+,29-,30-,33-,34-/m0/s1. The third kappa shape index (κ3) is 5.75. The number of carbonyl (C=O) groups is 2. The van der Waals surface area contributed by atoms with Crippen molar-refractivity contribution < 1.29 is 23.8 Å². The molecule has 0 aromatic rings. The molecule has 0 radical (unpaired) electrons. The summed E-state index contributed by atoms with van der Waals surface area (Å²) in [6.45, 7) is 9.67. The van der Waals surface area contributed by atoms with Crippen molar-refractivity contribution in [1.29, 1.82) is 0 Å². The molecule has 0 aromatic carbocycles. The third-order valence-electron chi connectivity index (χ3n) is 13.3. The van der Waals surface area contributed by atoms with Crippen LogP contribution < -0.4 is 5.32 Å². The van der Waals surface area contributed by atoms with E-state index >= 15 is 0 Å². The van der Waals surface area contributed by atoms with E-state index in [2.05, 4.69) is 26.1 Å². The van der Waals surface area contributed by atoms with Crippen molar-refractivity contribution in [3.63, 3.8) is 0 Å². The zero-order chi connectivity index (χ0) is 29.5. The molecular weight excluding hydrogens is 534 g/mol. The Morgan fingerprint density at radius 2 is 1.78 bits per heavy atom. The van der Waals surface area contributed by atoms with E-state index in [1.807, 2.05) is 20.3 Å². The molecule has 5 aliphatic rings. The van der Waals surface area contributed by atoms with Crippen molar-refractivity contribution in [3.05, 3.63) is 0 Å². The maximum atomic E-state index is 13.0. The Labute approximate surface area is 253 Å². The lowest BCUT2D eigenvalue weighted by Crippen LogP contribution is -2.54. The summed E-state index contributed by atoms with van der Waals surface area (Å²) in [5.41, 5.74) is 0.867. The summed E-state index contributed by atoms with van der Waals surface area (Å²) in [5, 5.41) is 2.95. The molecule has 6 nitrogen and oxygen atoms in total. The van der Waals surface area contributed by atoms with Crippen molar-refractivity contribution in [2.75, 3.05) is 26.2 Å². The van der Waals surface area contributed by atoms with Gasteiger partial charge in [0.1, 0.15) is 6.04 Å². The van der Waals surface area contributed by atoms with Crippen LogP contribution in [0.1, 0.15) is 98.3 Å². The second kappa shape index (κ2) is 12.7. The number of hydrogen-bond acceptors (Lipinski definition) is 6. The first-order chi connectivity index (χ1) is 19.6. The van der Waals surface area contributed by atoms with Crippen LogP contribution in [-0.2, 0) is 23.8 Å². The predicted octanol–water partition coefficient (Wildman–Crippen LogP) is 6.50. The Hall–Kier alpha value is -0.790. The zero-order valence-corrected chi connectivity index (χ0v) is 27.6. The summed E-state index contributed by atoms with van der Waals surface area (Å²) in [6, 6.07) is -0.567. The van der Waals surface area contributed by atoms with E-state index in [1.54, 1.807) is 11.8 Å². The SMILES string of the molecule is COC(=O)C(CCSC)NC(=O)[C@@H](C)CC[C@H]1O[C@H]2C[C@H]3[C@@H]4CC[C@@H]5C[C@@H](OC)CC[C@]5(C)[C@H]4CC[C@]3(C)[C@H]2[C@@H]1C. The largest absolute Gasteiger partial charge is 0.467 e. The van der Waals surface area contributed by atoms with Gasteiger partial charge in [0.2, 0.25) is 5.91 Å². The minimum Gasteiger partial charge on any atom is -0.467 e. The molecule has 13 atom stereocenters. The molecule has 4 saturated carbocycles. The maximum Gasteiger partial charge on any atom is 0.328 e. The van der Waals surface area contributed by atoms with Crippen molar-refractivity contribution >= 4 is 23.6 Å². The van der Waals surface area contributed by atoms with Crippen LogP contribution in [0, 0.1) is 52.3 Å². The van der Waals surface area contributed by atoms with Gasteiger partial charge in [0.25, 0.3) is 0 Å². The number of hydrogen-bond donors (Lipinski definition) is 1. The molecule has 4 aliphatic carbocycles. The summed E-state index contributed by atoms with van der Waals surface area (Å²) in [7, 11) is 3.29. The van der Waals surface area contributed by atoms with Gasteiger partial charge in [0.05, 0.1) is 25.4 Å². The molecule has 0 aromatic heterocycles. The highest BCUT2D eigenvalue weighted by Crippen LogP contribution is 2.70. The molecule has 1 heterocycles. The first kappa shape index (κ1) is 31.6. The van der Waals surface area contributed by atoms with Crippen molar-refractivity contribution in [2.45, 2.75) is 123 Å². The number of amides is 1. The molecule has 5 rings (SSSR count). The molecule has 1 N–H and O–H groups in total. The molecule has 1 saturated heterocycles. The first-order valence-corrected chi connectivity index (χ1v) is 18.0. The molecule has 1 unspecified atom stereocenters. The van der Waals surface area contributed by atoms with E-state index in [0.717, 1.165) is 42.3 Å². The lowest BCUT2D eigenvalue weighted by Gasteiger charge is -2.61. The second-order valence-electron chi connectivity index (χ2n) is 15.0. The van der Waals surface area contributed by atoms with Gasteiger partial charge in [-0.25, -0.2) is 4.79 Å². The zero-order valence-electron chi connectivity index (χ0n) is 26.8. The molecule has 5 fully saturated rings. The Balaban J connectivity index is 1.18. The van der Waals surface area contributed by atoms with Crippen molar-refractivity contribution in [1.82, 2.24) is 5.32 Å². The van der Waals surface area contributed by atoms with Crippen LogP contribution >= 0.6 is 11.8 Å². The molecule has 0 bridgehead atoms. The van der Waals surface area contributed by atoms with Gasteiger partial charge in [-0.1, -0.05) is 27.7 Å². The third-order valence-corrected chi connectivity index (χ3v) is 13.9. The van der Waals surface area contributed by atoms with Gasteiger partial charge in [0, 0.05) is 13.0 Å². The maximum absolute atomic E-state index is 13.0. The van der Waals surface area contributed by atoms with Gasteiger partial charge in [-0.3, -0.25) is 4.79 Å². The van der Waals surface area contributed by atoms with Crippen LogP contribution in [0.25, 0.3) is 0 Å². The molecule has 234 valence electrons. The van der Waals surface area contributed by atoms with E-state index in [9.17, 15) is 9.59 Å². The Kier molecular flexibility index (Phi) is 9.78. The molecule has 0 spiro atoms. The van der Waals surface area contributed by atoms with E-state index in [0.29, 0.717) is 41.3 Å².